The number of nitrogens with zero attached hydrogens (tertiary/aromatic N) is 1. The Kier molecular flexibility index (Phi) is 5.32. The first-order valence-corrected chi connectivity index (χ1v) is 10.7. The topological polar surface area (TPSA) is 66.5 Å². The first-order chi connectivity index (χ1) is 12.4. The van der Waals surface area contributed by atoms with Crippen LogP contribution in [0.4, 0.5) is 5.69 Å². The Morgan fingerprint density at radius 1 is 1.19 bits per heavy atom. The molecule has 5 nitrogen and oxygen atoms in total. The van der Waals surface area contributed by atoms with Gasteiger partial charge in [0.2, 0.25) is 10.0 Å². The van der Waals surface area contributed by atoms with Crippen molar-refractivity contribution in [3.8, 4) is 0 Å². The van der Waals surface area contributed by atoms with Crippen molar-refractivity contribution < 1.29 is 13.2 Å². The van der Waals surface area contributed by atoms with Gasteiger partial charge in [0.05, 0.1) is 18.0 Å². The van der Waals surface area contributed by atoms with Gasteiger partial charge >= 0.3 is 0 Å². The summed E-state index contributed by atoms with van der Waals surface area (Å²) in [6, 6.07) is 15.2. The molecule has 0 spiro atoms. The molecule has 3 rings (SSSR count). The lowest BCUT2D eigenvalue weighted by molar-refractivity contribution is 0.0934. The van der Waals surface area contributed by atoms with E-state index in [1.54, 1.807) is 12.1 Å². The standard InChI is InChI=1S/C20H24N2O3S/c1-3-7-18(15-8-5-4-6-9-15)21-20(23)17-10-11-19-16(14-17)12-13-22(19)26(2,24)25/h4-6,8-11,14,18H,3,7,12-13H2,1-2H3,(H,21,23). The largest absolute Gasteiger partial charge is 0.345 e. The molecule has 0 aromatic heterocycles. The third kappa shape index (κ3) is 3.90. The Balaban J connectivity index is 1.80. The number of benzene rings is 2. The van der Waals surface area contributed by atoms with E-state index in [1.807, 2.05) is 36.4 Å². The molecule has 1 aliphatic rings. The minimum Gasteiger partial charge on any atom is -0.345 e. The van der Waals surface area contributed by atoms with E-state index in [0.717, 1.165) is 24.0 Å². The van der Waals surface area contributed by atoms with Crippen LogP contribution in [0.3, 0.4) is 0 Å². The van der Waals surface area contributed by atoms with E-state index < -0.39 is 10.0 Å². The van der Waals surface area contributed by atoms with E-state index >= 15 is 0 Å². The van der Waals surface area contributed by atoms with E-state index in [-0.39, 0.29) is 11.9 Å². The van der Waals surface area contributed by atoms with Crippen molar-refractivity contribution >= 4 is 21.6 Å². The molecule has 0 bridgehead atoms. The van der Waals surface area contributed by atoms with Crippen LogP contribution in [0.15, 0.2) is 48.5 Å². The SMILES string of the molecule is CCCC(NC(=O)c1ccc2c(c1)CCN2S(C)(=O)=O)c1ccccc1. The molecule has 1 amide bonds. The second-order valence-corrected chi connectivity index (χ2v) is 8.56. The zero-order valence-corrected chi connectivity index (χ0v) is 15.9. The normalized spacial score (nSPS) is 14.8. The molecule has 2 aromatic rings. The van der Waals surface area contributed by atoms with E-state index in [4.69, 9.17) is 0 Å². The van der Waals surface area contributed by atoms with Crippen LogP contribution in [0.5, 0.6) is 0 Å². The molecule has 2 aromatic carbocycles. The predicted octanol–water partition coefficient (Wildman–Crippen LogP) is 3.28. The molecule has 1 atom stereocenters. The van der Waals surface area contributed by atoms with E-state index in [0.29, 0.717) is 24.2 Å². The Labute approximate surface area is 155 Å². The highest BCUT2D eigenvalue weighted by molar-refractivity contribution is 7.92. The molecule has 1 N–H and O–H groups in total. The second-order valence-electron chi connectivity index (χ2n) is 6.65. The molecule has 1 unspecified atom stereocenters. The Morgan fingerprint density at radius 3 is 2.58 bits per heavy atom. The number of rotatable bonds is 6. The number of amides is 1. The summed E-state index contributed by atoms with van der Waals surface area (Å²) in [4.78, 5) is 12.7. The molecule has 0 radical (unpaired) electrons. The third-order valence-electron chi connectivity index (χ3n) is 4.68. The summed E-state index contributed by atoms with van der Waals surface area (Å²) in [6.07, 6.45) is 3.66. The van der Waals surface area contributed by atoms with E-state index in [1.165, 1.54) is 10.6 Å². The first-order valence-electron chi connectivity index (χ1n) is 8.86. The van der Waals surface area contributed by atoms with Crippen LogP contribution in [0, 0.1) is 0 Å². The maximum absolute atomic E-state index is 12.7. The van der Waals surface area contributed by atoms with Crippen molar-refractivity contribution in [2.24, 2.45) is 0 Å². The number of anilines is 1. The summed E-state index contributed by atoms with van der Waals surface area (Å²) in [6.45, 7) is 2.53. The van der Waals surface area contributed by atoms with Gasteiger partial charge < -0.3 is 5.32 Å². The van der Waals surface area contributed by atoms with Gasteiger partial charge in [0.15, 0.2) is 0 Å². The van der Waals surface area contributed by atoms with Gasteiger partial charge in [-0.25, -0.2) is 8.42 Å². The lowest BCUT2D eigenvalue weighted by Crippen LogP contribution is -2.29. The zero-order chi connectivity index (χ0) is 18.7. The number of hydrogen-bond donors (Lipinski definition) is 1. The Hall–Kier alpha value is -2.34. The molecule has 1 aliphatic heterocycles. The Morgan fingerprint density at radius 2 is 1.92 bits per heavy atom. The van der Waals surface area contributed by atoms with Crippen LogP contribution in [-0.4, -0.2) is 27.1 Å². The van der Waals surface area contributed by atoms with Gasteiger partial charge in [-0.15, -0.1) is 0 Å². The number of fused-ring (bicyclic) bond motifs is 1. The number of sulfonamides is 1. The Bertz CT molecular complexity index is 895. The summed E-state index contributed by atoms with van der Waals surface area (Å²) in [5.74, 6) is -0.132. The van der Waals surface area contributed by atoms with Crippen molar-refractivity contribution in [3.63, 3.8) is 0 Å². The molecule has 1 heterocycles. The fourth-order valence-electron chi connectivity index (χ4n) is 3.39. The van der Waals surface area contributed by atoms with Crippen LogP contribution < -0.4 is 9.62 Å². The summed E-state index contributed by atoms with van der Waals surface area (Å²) in [7, 11) is -3.28. The summed E-state index contributed by atoms with van der Waals surface area (Å²) in [5, 5.41) is 3.11. The predicted molar refractivity (Wildman–Crippen MR) is 104 cm³/mol. The van der Waals surface area contributed by atoms with Crippen molar-refractivity contribution in [3.05, 3.63) is 65.2 Å². The average Bonchev–Trinajstić information content (AvgIpc) is 3.05. The lowest BCUT2D eigenvalue weighted by Gasteiger charge is -2.19. The molecule has 138 valence electrons. The van der Waals surface area contributed by atoms with E-state index in [2.05, 4.69) is 12.2 Å². The molecular weight excluding hydrogens is 348 g/mol. The summed E-state index contributed by atoms with van der Waals surface area (Å²) < 4.78 is 25.1. The zero-order valence-electron chi connectivity index (χ0n) is 15.1. The van der Waals surface area contributed by atoms with Crippen LogP contribution in [-0.2, 0) is 16.4 Å². The van der Waals surface area contributed by atoms with Gasteiger partial charge in [-0.2, -0.15) is 0 Å². The smallest absolute Gasteiger partial charge is 0.251 e. The molecule has 0 aliphatic carbocycles. The number of nitrogens with one attached hydrogen (secondary N) is 1. The fourth-order valence-corrected chi connectivity index (χ4v) is 4.35. The van der Waals surface area contributed by atoms with Crippen LogP contribution >= 0.6 is 0 Å². The van der Waals surface area contributed by atoms with Crippen molar-refractivity contribution in [1.29, 1.82) is 0 Å². The molecule has 0 saturated heterocycles. The van der Waals surface area contributed by atoms with Gasteiger partial charge in [0, 0.05) is 12.1 Å². The van der Waals surface area contributed by atoms with Gasteiger partial charge in [-0.3, -0.25) is 9.10 Å². The fraction of sp³-hybridized carbons (Fsp3) is 0.350. The van der Waals surface area contributed by atoms with Crippen LogP contribution in [0.1, 0.15) is 47.3 Å². The maximum atomic E-state index is 12.7. The van der Waals surface area contributed by atoms with Gasteiger partial charge in [0.1, 0.15) is 0 Å². The lowest BCUT2D eigenvalue weighted by atomic mass is 10.0. The highest BCUT2D eigenvalue weighted by atomic mass is 32.2. The summed E-state index contributed by atoms with van der Waals surface area (Å²) >= 11 is 0. The number of carbonyl (C=O) groups excluding carboxylic acids is 1. The van der Waals surface area contributed by atoms with Crippen LogP contribution in [0.2, 0.25) is 0 Å². The average molecular weight is 372 g/mol. The van der Waals surface area contributed by atoms with Gasteiger partial charge in [0.25, 0.3) is 5.91 Å². The van der Waals surface area contributed by atoms with Crippen molar-refractivity contribution in [1.82, 2.24) is 5.32 Å². The van der Waals surface area contributed by atoms with E-state index in [9.17, 15) is 13.2 Å². The van der Waals surface area contributed by atoms with Gasteiger partial charge in [-0.1, -0.05) is 43.7 Å². The first kappa shape index (κ1) is 18.5. The third-order valence-corrected chi connectivity index (χ3v) is 5.86. The minimum atomic E-state index is -3.28. The van der Waals surface area contributed by atoms with Crippen molar-refractivity contribution in [2.75, 3.05) is 17.1 Å². The van der Waals surface area contributed by atoms with Gasteiger partial charge in [-0.05, 0) is 42.2 Å². The van der Waals surface area contributed by atoms with Crippen molar-refractivity contribution in [2.45, 2.75) is 32.2 Å². The highest BCUT2D eigenvalue weighted by Crippen LogP contribution is 2.31. The molecule has 26 heavy (non-hydrogen) atoms. The molecule has 0 fully saturated rings. The quantitative estimate of drug-likeness (QED) is 0.846. The molecular formula is C20H24N2O3S. The maximum Gasteiger partial charge on any atom is 0.251 e. The summed E-state index contributed by atoms with van der Waals surface area (Å²) in [5.41, 5.74) is 3.23. The second kappa shape index (κ2) is 7.50. The molecule has 0 saturated carbocycles. The minimum absolute atomic E-state index is 0.0329. The monoisotopic (exact) mass is 372 g/mol. The number of hydrogen-bond acceptors (Lipinski definition) is 3. The molecule has 6 heteroatoms. The van der Waals surface area contributed by atoms with Crippen LogP contribution in [0.25, 0.3) is 0 Å². The highest BCUT2D eigenvalue weighted by Gasteiger charge is 2.27. The number of carbonyl (C=O) groups is 1.